The van der Waals surface area contributed by atoms with Gasteiger partial charge in [-0.15, -0.1) is 0 Å². The van der Waals surface area contributed by atoms with Crippen molar-refractivity contribution in [3.8, 4) is 22.6 Å². The van der Waals surface area contributed by atoms with E-state index in [4.69, 9.17) is 13.7 Å². The number of aromatic nitrogens is 3. The summed E-state index contributed by atoms with van der Waals surface area (Å²) in [7, 11) is 0. The molecule has 4 heterocycles. The molecule has 0 amide bonds. The number of anilines is 1. The predicted octanol–water partition coefficient (Wildman–Crippen LogP) is 3.29. The summed E-state index contributed by atoms with van der Waals surface area (Å²) in [4.78, 5) is 9.04. The summed E-state index contributed by atoms with van der Waals surface area (Å²) in [6, 6.07) is 3.72. The van der Waals surface area contributed by atoms with E-state index in [-0.39, 0.29) is 6.10 Å². The molecule has 1 saturated heterocycles. The standard InChI is InChI=1S/C17H18N4O3/c1-11-7-15(24-21-11)14-9-19-17(18-8-13-3-2-5-23-13)20-16(14)12-4-6-22-10-12/h4,6-7,9-10,13H,2-3,5,8H2,1H3,(H,18,19,20)/t13-/m0/s1. The third-order valence-corrected chi connectivity index (χ3v) is 3.99. The van der Waals surface area contributed by atoms with Crippen LogP contribution >= 0.6 is 0 Å². The van der Waals surface area contributed by atoms with Crippen molar-refractivity contribution in [1.29, 1.82) is 0 Å². The maximum Gasteiger partial charge on any atom is 0.223 e. The summed E-state index contributed by atoms with van der Waals surface area (Å²) in [5.74, 6) is 1.19. The molecule has 124 valence electrons. The fourth-order valence-electron chi connectivity index (χ4n) is 2.77. The van der Waals surface area contributed by atoms with Crippen LogP contribution in [0.4, 0.5) is 5.95 Å². The van der Waals surface area contributed by atoms with E-state index in [1.807, 2.05) is 19.1 Å². The Morgan fingerprint density at radius 3 is 3.04 bits per heavy atom. The minimum absolute atomic E-state index is 0.225. The minimum atomic E-state index is 0.225. The molecule has 7 heteroatoms. The molecule has 4 rings (SSSR count). The van der Waals surface area contributed by atoms with Gasteiger partial charge in [0.05, 0.1) is 35.6 Å². The van der Waals surface area contributed by atoms with Crippen molar-refractivity contribution in [3.63, 3.8) is 0 Å². The van der Waals surface area contributed by atoms with Gasteiger partial charge < -0.3 is 19.0 Å². The van der Waals surface area contributed by atoms with Gasteiger partial charge in [-0.05, 0) is 25.8 Å². The fourth-order valence-corrected chi connectivity index (χ4v) is 2.77. The third kappa shape index (κ3) is 3.03. The van der Waals surface area contributed by atoms with Crippen molar-refractivity contribution in [2.45, 2.75) is 25.9 Å². The number of hydrogen-bond donors (Lipinski definition) is 1. The molecule has 1 fully saturated rings. The summed E-state index contributed by atoms with van der Waals surface area (Å²) in [5.41, 5.74) is 3.19. The van der Waals surface area contributed by atoms with Gasteiger partial charge >= 0.3 is 0 Å². The van der Waals surface area contributed by atoms with E-state index in [0.29, 0.717) is 18.3 Å². The van der Waals surface area contributed by atoms with Crippen LogP contribution in [0.2, 0.25) is 0 Å². The maximum absolute atomic E-state index is 5.62. The second kappa shape index (κ2) is 6.45. The molecule has 0 aromatic carbocycles. The second-order valence-corrected chi connectivity index (χ2v) is 5.82. The Balaban J connectivity index is 1.64. The molecule has 1 atom stereocenters. The lowest BCUT2D eigenvalue weighted by molar-refractivity contribution is 0.120. The molecule has 0 bridgehead atoms. The lowest BCUT2D eigenvalue weighted by Gasteiger charge is -2.12. The smallest absolute Gasteiger partial charge is 0.223 e. The van der Waals surface area contributed by atoms with Gasteiger partial charge in [0.1, 0.15) is 0 Å². The number of hydrogen-bond acceptors (Lipinski definition) is 7. The number of aryl methyl sites for hydroxylation is 1. The van der Waals surface area contributed by atoms with Crippen molar-refractivity contribution in [2.75, 3.05) is 18.5 Å². The normalized spacial score (nSPS) is 17.3. The van der Waals surface area contributed by atoms with Gasteiger partial charge in [-0.1, -0.05) is 5.16 Å². The summed E-state index contributed by atoms with van der Waals surface area (Å²) in [6.07, 6.45) is 7.41. The summed E-state index contributed by atoms with van der Waals surface area (Å²) in [6.45, 7) is 3.41. The fraction of sp³-hybridized carbons (Fsp3) is 0.353. The number of nitrogens with zero attached hydrogens (tertiary/aromatic N) is 3. The Morgan fingerprint density at radius 2 is 2.33 bits per heavy atom. The van der Waals surface area contributed by atoms with Gasteiger partial charge in [-0.3, -0.25) is 0 Å². The monoisotopic (exact) mass is 326 g/mol. The SMILES string of the molecule is Cc1cc(-c2cnc(NC[C@@H]3CCCO3)nc2-c2ccoc2)on1. The zero-order valence-corrected chi connectivity index (χ0v) is 13.4. The van der Waals surface area contributed by atoms with Crippen molar-refractivity contribution in [3.05, 3.63) is 36.5 Å². The van der Waals surface area contributed by atoms with Gasteiger partial charge in [0.15, 0.2) is 5.76 Å². The van der Waals surface area contributed by atoms with Gasteiger partial charge in [0.25, 0.3) is 0 Å². The van der Waals surface area contributed by atoms with E-state index in [1.54, 1.807) is 18.7 Å². The lowest BCUT2D eigenvalue weighted by Crippen LogP contribution is -2.19. The molecule has 0 unspecified atom stereocenters. The zero-order valence-electron chi connectivity index (χ0n) is 13.4. The quantitative estimate of drug-likeness (QED) is 0.770. The van der Waals surface area contributed by atoms with Gasteiger partial charge in [0.2, 0.25) is 5.95 Å². The highest BCUT2D eigenvalue weighted by atomic mass is 16.5. The number of rotatable bonds is 5. The molecule has 0 spiro atoms. The molecule has 1 N–H and O–H groups in total. The topological polar surface area (TPSA) is 86.2 Å². The van der Waals surface area contributed by atoms with Crippen LogP contribution in [0.3, 0.4) is 0 Å². The van der Waals surface area contributed by atoms with E-state index >= 15 is 0 Å². The molecule has 3 aromatic heterocycles. The van der Waals surface area contributed by atoms with Crippen molar-refractivity contribution < 1.29 is 13.7 Å². The molecule has 1 aliphatic heterocycles. The number of furan rings is 1. The Bertz CT molecular complexity index is 807. The van der Waals surface area contributed by atoms with Crippen molar-refractivity contribution in [2.24, 2.45) is 0 Å². The van der Waals surface area contributed by atoms with E-state index in [9.17, 15) is 0 Å². The first-order chi connectivity index (χ1) is 11.8. The molecule has 1 aliphatic rings. The molecule has 0 aliphatic carbocycles. The number of nitrogens with one attached hydrogen (secondary N) is 1. The highest BCUT2D eigenvalue weighted by molar-refractivity contribution is 5.77. The zero-order chi connectivity index (χ0) is 16.4. The second-order valence-electron chi connectivity index (χ2n) is 5.82. The van der Waals surface area contributed by atoms with Crippen LogP contribution in [0.5, 0.6) is 0 Å². The largest absolute Gasteiger partial charge is 0.472 e. The minimum Gasteiger partial charge on any atom is -0.472 e. The first-order valence-corrected chi connectivity index (χ1v) is 7.98. The Morgan fingerprint density at radius 1 is 1.38 bits per heavy atom. The van der Waals surface area contributed by atoms with Crippen LogP contribution in [0.15, 0.2) is 39.8 Å². The summed E-state index contributed by atoms with van der Waals surface area (Å²) >= 11 is 0. The van der Waals surface area contributed by atoms with Gasteiger partial charge in [0, 0.05) is 31.0 Å². The molecule has 0 saturated carbocycles. The van der Waals surface area contributed by atoms with Crippen LogP contribution in [0.25, 0.3) is 22.6 Å². The third-order valence-electron chi connectivity index (χ3n) is 3.99. The van der Waals surface area contributed by atoms with Crippen LogP contribution < -0.4 is 5.32 Å². The average Bonchev–Trinajstić information content (AvgIpc) is 3.35. The van der Waals surface area contributed by atoms with Crippen LogP contribution in [-0.4, -0.2) is 34.4 Å². The molecule has 0 radical (unpaired) electrons. The first kappa shape index (κ1) is 14.9. The molecule has 24 heavy (non-hydrogen) atoms. The summed E-state index contributed by atoms with van der Waals surface area (Å²) in [5, 5.41) is 7.19. The highest BCUT2D eigenvalue weighted by Crippen LogP contribution is 2.31. The first-order valence-electron chi connectivity index (χ1n) is 7.98. The van der Waals surface area contributed by atoms with Crippen LogP contribution in [0.1, 0.15) is 18.5 Å². The average molecular weight is 326 g/mol. The number of ether oxygens (including phenoxy) is 1. The molecular weight excluding hydrogens is 308 g/mol. The van der Waals surface area contributed by atoms with Gasteiger partial charge in [-0.25, -0.2) is 9.97 Å². The van der Waals surface area contributed by atoms with E-state index in [0.717, 1.165) is 42.0 Å². The Labute approximate surface area is 139 Å². The van der Waals surface area contributed by atoms with E-state index in [2.05, 4.69) is 20.4 Å². The molecular formula is C17H18N4O3. The van der Waals surface area contributed by atoms with E-state index < -0.39 is 0 Å². The van der Waals surface area contributed by atoms with Crippen LogP contribution in [0, 0.1) is 6.92 Å². The van der Waals surface area contributed by atoms with Crippen molar-refractivity contribution in [1.82, 2.24) is 15.1 Å². The van der Waals surface area contributed by atoms with Crippen molar-refractivity contribution >= 4 is 5.95 Å². The molecule has 7 nitrogen and oxygen atoms in total. The summed E-state index contributed by atoms with van der Waals surface area (Å²) < 4.78 is 16.2. The predicted molar refractivity (Wildman–Crippen MR) is 87.4 cm³/mol. The Hall–Kier alpha value is -2.67. The van der Waals surface area contributed by atoms with Gasteiger partial charge in [-0.2, -0.15) is 0 Å². The Kier molecular flexibility index (Phi) is 4.00. The molecule has 3 aromatic rings. The highest BCUT2D eigenvalue weighted by Gasteiger charge is 2.18. The maximum atomic E-state index is 5.62. The lowest BCUT2D eigenvalue weighted by atomic mass is 10.1. The van der Waals surface area contributed by atoms with E-state index in [1.165, 1.54) is 0 Å². The van der Waals surface area contributed by atoms with Crippen LogP contribution in [-0.2, 0) is 4.74 Å².